The predicted octanol–water partition coefficient (Wildman–Crippen LogP) is 6.95. The molecule has 0 saturated carbocycles. The summed E-state index contributed by atoms with van der Waals surface area (Å²) in [7, 11) is 0. The predicted molar refractivity (Wildman–Crippen MR) is 109 cm³/mol. The Balaban J connectivity index is 1.71. The Kier molecular flexibility index (Phi) is 4.16. The molecule has 3 aliphatic rings. The molecule has 0 bridgehead atoms. The number of hydrogen-bond acceptors (Lipinski definition) is 1. The monoisotopic (exact) mass is 341 g/mol. The van der Waals surface area contributed by atoms with Crippen molar-refractivity contribution >= 4 is 5.69 Å². The normalized spacial score (nSPS) is 20.8. The summed E-state index contributed by atoms with van der Waals surface area (Å²) in [5, 5.41) is 0. The zero-order valence-corrected chi connectivity index (χ0v) is 15.5. The van der Waals surface area contributed by atoms with Gasteiger partial charge in [0.2, 0.25) is 0 Å². The molecular weight excluding hydrogens is 314 g/mol. The van der Waals surface area contributed by atoms with Gasteiger partial charge in [0.1, 0.15) is 0 Å². The third kappa shape index (κ3) is 2.61. The molecule has 1 heteroatoms. The van der Waals surface area contributed by atoms with E-state index < -0.39 is 0 Å². The molecule has 0 fully saturated rings. The number of nitrogens with zero attached hydrogens (tertiary/aromatic N) is 1. The lowest BCUT2D eigenvalue weighted by atomic mass is 9.71. The highest BCUT2D eigenvalue weighted by atomic mass is 15.2. The SMILES string of the molecule is c1ccc(C2C3=C(CCCC3)N(c3ccccc3)C3=C2CCCC3)cc1. The number of allylic oxidation sites excluding steroid dienone is 4. The van der Waals surface area contributed by atoms with Crippen molar-refractivity contribution in [3.8, 4) is 0 Å². The highest BCUT2D eigenvalue weighted by Crippen LogP contribution is 2.51. The molecule has 26 heavy (non-hydrogen) atoms. The van der Waals surface area contributed by atoms with Gasteiger partial charge in [0, 0.05) is 23.0 Å². The maximum atomic E-state index is 2.66. The molecule has 0 saturated heterocycles. The molecule has 132 valence electrons. The quantitative estimate of drug-likeness (QED) is 0.571. The van der Waals surface area contributed by atoms with Crippen molar-refractivity contribution in [3.63, 3.8) is 0 Å². The molecule has 0 amide bonds. The van der Waals surface area contributed by atoms with Gasteiger partial charge in [0.25, 0.3) is 0 Å². The number of benzene rings is 2. The largest absolute Gasteiger partial charge is 0.318 e. The Morgan fingerprint density at radius 3 is 1.65 bits per heavy atom. The fourth-order valence-electron chi connectivity index (χ4n) is 5.27. The number of para-hydroxylation sites is 1. The van der Waals surface area contributed by atoms with E-state index >= 15 is 0 Å². The summed E-state index contributed by atoms with van der Waals surface area (Å²) >= 11 is 0. The zero-order valence-electron chi connectivity index (χ0n) is 15.5. The lowest BCUT2D eigenvalue weighted by Gasteiger charge is -2.45. The average molecular weight is 341 g/mol. The summed E-state index contributed by atoms with van der Waals surface area (Å²) in [6.07, 6.45) is 10.3. The van der Waals surface area contributed by atoms with Gasteiger partial charge < -0.3 is 4.90 Å². The first-order chi connectivity index (χ1) is 12.9. The summed E-state index contributed by atoms with van der Waals surface area (Å²) in [6.45, 7) is 0. The molecule has 5 rings (SSSR count). The summed E-state index contributed by atoms with van der Waals surface area (Å²) < 4.78 is 0. The fraction of sp³-hybridized carbons (Fsp3) is 0.360. The standard InChI is InChI=1S/C25H27N/c1-3-11-19(12-4-1)25-21-15-7-9-17-23(21)26(20-13-5-2-6-14-20)24-18-10-8-16-22(24)25/h1-6,11-14,25H,7-10,15-18H2. The highest BCUT2D eigenvalue weighted by molar-refractivity contribution is 5.65. The van der Waals surface area contributed by atoms with Gasteiger partial charge in [-0.1, -0.05) is 48.5 Å². The molecule has 2 aromatic rings. The van der Waals surface area contributed by atoms with Gasteiger partial charge >= 0.3 is 0 Å². The second-order valence-corrected chi connectivity index (χ2v) is 7.87. The zero-order chi connectivity index (χ0) is 17.3. The van der Waals surface area contributed by atoms with Crippen LogP contribution < -0.4 is 4.90 Å². The van der Waals surface area contributed by atoms with Crippen LogP contribution in [0.5, 0.6) is 0 Å². The van der Waals surface area contributed by atoms with Crippen molar-refractivity contribution in [2.75, 3.05) is 4.90 Å². The molecule has 0 spiro atoms. The summed E-state index contributed by atoms with van der Waals surface area (Å²) in [6, 6.07) is 22.4. The second kappa shape index (κ2) is 6.79. The molecule has 1 nitrogen and oxygen atoms in total. The summed E-state index contributed by atoms with van der Waals surface area (Å²) in [5.41, 5.74) is 9.49. The molecule has 1 heterocycles. The number of hydrogen-bond donors (Lipinski definition) is 0. The minimum absolute atomic E-state index is 0.529. The molecule has 0 radical (unpaired) electrons. The molecule has 0 N–H and O–H groups in total. The van der Waals surface area contributed by atoms with Gasteiger partial charge in [-0.3, -0.25) is 0 Å². The number of anilines is 1. The van der Waals surface area contributed by atoms with Crippen molar-refractivity contribution in [3.05, 3.63) is 88.8 Å². The van der Waals surface area contributed by atoms with Crippen molar-refractivity contribution in [2.24, 2.45) is 0 Å². The van der Waals surface area contributed by atoms with Gasteiger partial charge in [0.15, 0.2) is 0 Å². The summed E-state index contributed by atoms with van der Waals surface area (Å²) in [4.78, 5) is 2.66. The van der Waals surface area contributed by atoms with E-state index in [1.54, 1.807) is 22.5 Å². The lowest BCUT2D eigenvalue weighted by molar-refractivity contribution is 0.554. The van der Waals surface area contributed by atoms with Gasteiger partial charge in [-0.15, -0.1) is 0 Å². The molecular formula is C25H27N. The van der Waals surface area contributed by atoms with Crippen LogP contribution in [0.2, 0.25) is 0 Å². The molecule has 2 aliphatic carbocycles. The van der Waals surface area contributed by atoms with E-state index in [4.69, 9.17) is 0 Å². The van der Waals surface area contributed by atoms with Crippen molar-refractivity contribution in [1.29, 1.82) is 0 Å². The molecule has 0 unspecified atom stereocenters. The van der Waals surface area contributed by atoms with E-state index in [0.717, 1.165) is 0 Å². The molecule has 1 aliphatic heterocycles. The smallest absolute Gasteiger partial charge is 0.0455 e. The Labute approximate surface area is 157 Å². The van der Waals surface area contributed by atoms with Crippen LogP contribution in [0, 0.1) is 0 Å². The lowest BCUT2D eigenvalue weighted by Crippen LogP contribution is -2.34. The molecule has 0 atom stereocenters. The van der Waals surface area contributed by atoms with Gasteiger partial charge in [0.05, 0.1) is 0 Å². The van der Waals surface area contributed by atoms with Crippen LogP contribution in [0.25, 0.3) is 0 Å². The van der Waals surface area contributed by atoms with E-state index in [2.05, 4.69) is 65.6 Å². The summed E-state index contributed by atoms with van der Waals surface area (Å²) in [5.74, 6) is 0.529. The van der Waals surface area contributed by atoms with Crippen molar-refractivity contribution < 1.29 is 0 Å². The van der Waals surface area contributed by atoms with Gasteiger partial charge in [-0.05, 0) is 80.2 Å². The maximum Gasteiger partial charge on any atom is 0.0455 e. The van der Waals surface area contributed by atoms with Gasteiger partial charge in [-0.2, -0.15) is 0 Å². The van der Waals surface area contributed by atoms with Crippen LogP contribution >= 0.6 is 0 Å². The second-order valence-electron chi connectivity index (χ2n) is 7.87. The third-order valence-corrected chi connectivity index (χ3v) is 6.34. The number of rotatable bonds is 2. The van der Waals surface area contributed by atoms with Crippen LogP contribution in [-0.2, 0) is 0 Å². The third-order valence-electron chi connectivity index (χ3n) is 6.34. The Morgan fingerprint density at radius 1 is 0.577 bits per heavy atom. The fourth-order valence-corrected chi connectivity index (χ4v) is 5.27. The van der Waals surface area contributed by atoms with Crippen LogP contribution in [-0.4, -0.2) is 0 Å². The van der Waals surface area contributed by atoms with E-state index in [0.29, 0.717) is 5.92 Å². The van der Waals surface area contributed by atoms with Crippen LogP contribution in [0.3, 0.4) is 0 Å². The van der Waals surface area contributed by atoms with E-state index in [1.807, 2.05) is 0 Å². The molecule has 2 aromatic carbocycles. The van der Waals surface area contributed by atoms with Gasteiger partial charge in [-0.25, -0.2) is 0 Å². The van der Waals surface area contributed by atoms with Crippen molar-refractivity contribution in [1.82, 2.24) is 0 Å². The first kappa shape index (κ1) is 15.9. The average Bonchev–Trinajstić information content (AvgIpc) is 2.73. The topological polar surface area (TPSA) is 3.24 Å². The van der Waals surface area contributed by atoms with Crippen LogP contribution in [0.4, 0.5) is 5.69 Å². The van der Waals surface area contributed by atoms with Crippen LogP contribution in [0.15, 0.2) is 83.2 Å². The van der Waals surface area contributed by atoms with E-state index in [9.17, 15) is 0 Å². The maximum absolute atomic E-state index is 2.66. The van der Waals surface area contributed by atoms with Crippen molar-refractivity contribution in [2.45, 2.75) is 57.3 Å². The minimum atomic E-state index is 0.529. The van der Waals surface area contributed by atoms with E-state index in [-0.39, 0.29) is 0 Å². The first-order valence-electron chi connectivity index (χ1n) is 10.3. The van der Waals surface area contributed by atoms with E-state index in [1.165, 1.54) is 62.6 Å². The minimum Gasteiger partial charge on any atom is -0.318 e. The first-order valence-corrected chi connectivity index (χ1v) is 10.3. The highest BCUT2D eigenvalue weighted by Gasteiger charge is 2.37. The Hall–Kier alpha value is -2.28. The Morgan fingerprint density at radius 2 is 1.08 bits per heavy atom. The Bertz CT molecular complexity index is 739. The molecule has 0 aromatic heterocycles. The van der Waals surface area contributed by atoms with Crippen LogP contribution in [0.1, 0.15) is 62.8 Å².